The molecule has 3 aromatic rings. The topological polar surface area (TPSA) is 69.0 Å². The number of aromatic nitrogens is 3. The van der Waals surface area contributed by atoms with Gasteiger partial charge in [0.2, 0.25) is 0 Å². The number of pyridine rings is 1. The van der Waals surface area contributed by atoms with Gasteiger partial charge in [0.1, 0.15) is 5.75 Å². The van der Waals surface area contributed by atoms with Crippen LogP contribution in [0.4, 0.5) is 0 Å². The van der Waals surface area contributed by atoms with Gasteiger partial charge in [0, 0.05) is 41.1 Å². The largest absolute Gasteiger partial charge is 0.478 e. The Morgan fingerprint density at radius 2 is 1.90 bits per heavy atom. The van der Waals surface area contributed by atoms with Crippen LogP contribution < -0.4 is 10.1 Å². The van der Waals surface area contributed by atoms with E-state index < -0.39 is 5.60 Å². The van der Waals surface area contributed by atoms with Gasteiger partial charge in [-0.3, -0.25) is 14.5 Å². The van der Waals surface area contributed by atoms with Gasteiger partial charge in [-0.2, -0.15) is 5.10 Å². The van der Waals surface area contributed by atoms with Crippen LogP contribution in [-0.2, 0) is 11.3 Å². The molecule has 1 fully saturated rings. The minimum absolute atomic E-state index is 0.174. The van der Waals surface area contributed by atoms with Gasteiger partial charge in [-0.15, -0.1) is 0 Å². The van der Waals surface area contributed by atoms with Gasteiger partial charge < -0.3 is 10.1 Å². The third-order valence-corrected chi connectivity index (χ3v) is 5.38. The number of hydrogen-bond acceptors (Lipinski definition) is 4. The van der Waals surface area contributed by atoms with E-state index in [2.05, 4.69) is 16.4 Å². The van der Waals surface area contributed by atoms with Crippen molar-refractivity contribution in [2.45, 2.75) is 44.8 Å². The lowest BCUT2D eigenvalue weighted by Crippen LogP contribution is -2.47. The molecular formula is C23H25ClN4O2. The average molecular weight is 425 g/mol. The van der Waals surface area contributed by atoms with E-state index >= 15 is 0 Å². The Morgan fingerprint density at radius 1 is 1.20 bits per heavy atom. The molecule has 1 saturated carbocycles. The maximum absolute atomic E-state index is 12.7. The molecule has 1 amide bonds. The van der Waals surface area contributed by atoms with Crippen molar-refractivity contribution in [1.29, 1.82) is 0 Å². The summed E-state index contributed by atoms with van der Waals surface area (Å²) in [6.07, 6.45) is 5.92. The molecule has 4 rings (SSSR count). The normalized spacial score (nSPS) is 13.8. The first-order chi connectivity index (χ1) is 14.4. The standard InChI is InChI=1S/C23H25ClN4O2/c1-23(2,30-19-7-5-18(24)6-8-19)22(29)26-13-14-28-21(17-3-4-17)15-20(27-28)16-9-11-25-12-10-16/h5-12,15,17H,3-4,13-14H2,1-2H3,(H,26,29). The summed E-state index contributed by atoms with van der Waals surface area (Å²) in [5.74, 6) is 0.991. The SMILES string of the molecule is CC(C)(Oc1ccc(Cl)cc1)C(=O)NCCn1nc(-c2ccncc2)cc1C1CC1. The number of nitrogens with one attached hydrogen (secondary N) is 1. The predicted molar refractivity (Wildman–Crippen MR) is 117 cm³/mol. The number of benzene rings is 1. The first-order valence-corrected chi connectivity index (χ1v) is 10.5. The Kier molecular flexibility index (Phi) is 5.77. The van der Waals surface area contributed by atoms with Crippen molar-refractivity contribution in [2.24, 2.45) is 0 Å². The van der Waals surface area contributed by atoms with Gasteiger partial charge in [-0.25, -0.2) is 0 Å². The molecule has 156 valence electrons. The van der Waals surface area contributed by atoms with Crippen molar-refractivity contribution >= 4 is 17.5 Å². The van der Waals surface area contributed by atoms with E-state index in [4.69, 9.17) is 21.4 Å². The number of carbonyl (C=O) groups is 1. The Balaban J connectivity index is 1.38. The summed E-state index contributed by atoms with van der Waals surface area (Å²) < 4.78 is 7.87. The van der Waals surface area contributed by atoms with E-state index in [1.807, 2.05) is 16.8 Å². The highest BCUT2D eigenvalue weighted by Crippen LogP contribution is 2.41. The Bertz CT molecular complexity index is 1010. The number of rotatable bonds is 8. The summed E-state index contributed by atoms with van der Waals surface area (Å²) in [4.78, 5) is 16.8. The predicted octanol–water partition coefficient (Wildman–Crippen LogP) is 4.45. The van der Waals surface area contributed by atoms with Gasteiger partial charge in [0.05, 0.1) is 12.2 Å². The fraction of sp³-hybridized carbons (Fsp3) is 0.348. The van der Waals surface area contributed by atoms with E-state index in [9.17, 15) is 4.79 Å². The summed E-state index contributed by atoms with van der Waals surface area (Å²) in [6.45, 7) is 4.59. The van der Waals surface area contributed by atoms with Gasteiger partial charge in [0.25, 0.3) is 5.91 Å². The number of halogens is 1. The van der Waals surface area contributed by atoms with Crippen molar-refractivity contribution < 1.29 is 9.53 Å². The zero-order chi connectivity index (χ0) is 21.1. The summed E-state index contributed by atoms with van der Waals surface area (Å²) in [5, 5.41) is 8.37. The lowest BCUT2D eigenvalue weighted by atomic mass is 10.1. The summed E-state index contributed by atoms with van der Waals surface area (Å²) in [6, 6.07) is 13.1. The van der Waals surface area contributed by atoms with Gasteiger partial charge >= 0.3 is 0 Å². The van der Waals surface area contributed by atoms with Crippen LogP contribution in [0.3, 0.4) is 0 Å². The molecule has 2 heterocycles. The Hall–Kier alpha value is -2.86. The van der Waals surface area contributed by atoms with Crippen LogP contribution in [0.25, 0.3) is 11.3 Å². The van der Waals surface area contributed by atoms with E-state index in [0.717, 1.165) is 11.3 Å². The highest BCUT2D eigenvalue weighted by atomic mass is 35.5. The molecule has 2 aromatic heterocycles. The number of carbonyl (C=O) groups excluding carboxylic acids is 1. The molecule has 0 aliphatic heterocycles. The quantitative estimate of drug-likeness (QED) is 0.580. The molecule has 6 nitrogen and oxygen atoms in total. The monoisotopic (exact) mass is 424 g/mol. The average Bonchev–Trinajstić information content (AvgIpc) is 3.50. The van der Waals surface area contributed by atoms with E-state index in [1.165, 1.54) is 18.5 Å². The fourth-order valence-electron chi connectivity index (χ4n) is 3.31. The minimum Gasteiger partial charge on any atom is -0.478 e. The van der Waals surface area contributed by atoms with Crippen LogP contribution in [0, 0.1) is 0 Å². The van der Waals surface area contributed by atoms with Crippen molar-refractivity contribution in [1.82, 2.24) is 20.1 Å². The van der Waals surface area contributed by atoms with Crippen molar-refractivity contribution in [3.8, 4) is 17.0 Å². The molecule has 1 aliphatic carbocycles. The number of ether oxygens (including phenoxy) is 1. The molecule has 0 spiro atoms. The lowest BCUT2D eigenvalue weighted by molar-refractivity contribution is -0.134. The second-order valence-corrected chi connectivity index (χ2v) is 8.45. The molecule has 1 aromatic carbocycles. The number of nitrogens with zero attached hydrogens (tertiary/aromatic N) is 3. The summed E-state index contributed by atoms with van der Waals surface area (Å²) in [5.41, 5.74) is 2.22. The van der Waals surface area contributed by atoms with Crippen molar-refractivity contribution in [2.75, 3.05) is 6.54 Å². The fourth-order valence-corrected chi connectivity index (χ4v) is 3.44. The minimum atomic E-state index is -1.00. The van der Waals surface area contributed by atoms with Crippen LogP contribution in [0.5, 0.6) is 5.75 Å². The Morgan fingerprint density at radius 3 is 2.57 bits per heavy atom. The molecule has 0 bridgehead atoms. The van der Waals surface area contributed by atoms with Crippen molar-refractivity contribution in [3.63, 3.8) is 0 Å². The van der Waals surface area contributed by atoms with E-state index in [-0.39, 0.29) is 5.91 Å². The van der Waals surface area contributed by atoms with Gasteiger partial charge in [-0.1, -0.05) is 11.6 Å². The molecular weight excluding hydrogens is 400 g/mol. The van der Waals surface area contributed by atoms with Crippen LogP contribution in [0.15, 0.2) is 54.9 Å². The highest BCUT2D eigenvalue weighted by molar-refractivity contribution is 6.30. The van der Waals surface area contributed by atoms with Gasteiger partial charge in [-0.05, 0) is 69.2 Å². The molecule has 0 saturated heterocycles. The third-order valence-electron chi connectivity index (χ3n) is 5.13. The second-order valence-electron chi connectivity index (χ2n) is 8.01. The number of hydrogen-bond donors (Lipinski definition) is 1. The smallest absolute Gasteiger partial charge is 0.263 e. The zero-order valence-corrected chi connectivity index (χ0v) is 17.9. The third kappa shape index (κ3) is 4.82. The first kappa shape index (κ1) is 20.4. The first-order valence-electron chi connectivity index (χ1n) is 10.1. The van der Waals surface area contributed by atoms with Crippen LogP contribution in [0.2, 0.25) is 5.02 Å². The molecule has 7 heteroatoms. The summed E-state index contributed by atoms with van der Waals surface area (Å²) in [7, 11) is 0. The lowest BCUT2D eigenvalue weighted by Gasteiger charge is -2.25. The van der Waals surface area contributed by atoms with Gasteiger partial charge in [0.15, 0.2) is 5.60 Å². The summed E-state index contributed by atoms with van der Waals surface area (Å²) >= 11 is 5.91. The molecule has 0 unspecified atom stereocenters. The molecule has 0 atom stereocenters. The van der Waals surface area contributed by atoms with Crippen LogP contribution in [-0.4, -0.2) is 32.8 Å². The van der Waals surface area contributed by atoms with Crippen LogP contribution >= 0.6 is 11.6 Å². The molecule has 1 aliphatic rings. The maximum Gasteiger partial charge on any atom is 0.263 e. The molecule has 30 heavy (non-hydrogen) atoms. The maximum atomic E-state index is 12.7. The molecule has 0 radical (unpaired) electrons. The zero-order valence-electron chi connectivity index (χ0n) is 17.1. The number of amides is 1. The van der Waals surface area contributed by atoms with Crippen LogP contribution in [0.1, 0.15) is 38.3 Å². The van der Waals surface area contributed by atoms with E-state index in [0.29, 0.717) is 29.8 Å². The van der Waals surface area contributed by atoms with E-state index in [1.54, 1.807) is 50.5 Å². The Labute approximate surface area is 181 Å². The second kappa shape index (κ2) is 8.48. The molecule has 1 N–H and O–H groups in total. The highest BCUT2D eigenvalue weighted by Gasteiger charge is 2.31. The van der Waals surface area contributed by atoms with Crippen molar-refractivity contribution in [3.05, 3.63) is 65.6 Å².